The number of pyridine rings is 1. The molecule has 0 fully saturated rings. The summed E-state index contributed by atoms with van der Waals surface area (Å²) in [5.74, 6) is -1.02. The predicted molar refractivity (Wildman–Crippen MR) is 61.1 cm³/mol. The van der Waals surface area contributed by atoms with Crippen LogP contribution in [-0.2, 0) is 4.74 Å². The van der Waals surface area contributed by atoms with Gasteiger partial charge in [0.15, 0.2) is 5.69 Å². The van der Waals surface area contributed by atoms with Crippen molar-refractivity contribution >= 4 is 17.9 Å². The second-order valence-corrected chi connectivity index (χ2v) is 4.34. The third kappa shape index (κ3) is 4.50. The minimum absolute atomic E-state index is 0.138. The third-order valence-corrected chi connectivity index (χ3v) is 1.60. The lowest BCUT2D eigenvalue weighted by atomic mass is 10.2. The van der Waals surface area contributed by atoms with Crippen molar-refractivity contribution < 1.29 is 19.4 Å². The van der Waals surface area contributed by atoms with Crippen LogP contribution < -0.4 is 5.32 Å². The lowest BCUT2D eigenvalue weighted by Crippen LogP contribution is -2.27. The Hall–Kier alpha value is -2.11. The van der Waals surface area contributed by atoms with Crippen LogP contribution in [0.25, 0.3) is 0 Å². The lowest BCUT2D eigenvalue weighted by molar-refractivity contribution is 0.0631. The van der Waals surface area contributed by atoms with Gasteiger partial charge >= 0.3 is 12.1 Å². The minimum Gasteiger partial charge on any atom is -0.477 e. The first kappa shape index (κ1) is 13.0. The first-order valence-corrected chi connectivity index (χ1v) is 4.98. The van der Waals surface area contributed by atoms with Crippen LogP contribution in [0.4, 0.5) is 10.6 Å². The molecule has 1 aromatic heterocycles. The van der Waals surface area contributed by atoms with E-state index in [9.17, 15) is 9.59 Å². The number of hydrogen-bond donors (Lipinski definition) is 2. The Labute approximate surface area is 98.6 Å². The van der Waals surface area contributed by atoms with E-state index in [1.165, 1.54) is 18.2 Å². The van der Waals surface area contributed by atoms with Crippen LogP contribution in [0.15, 0.2) is 18.2 Å². The van der Waals surface area contributed by atoms with Crippen LogP contribution in [-0.4, -0.2) is 27.8 Å². The van der Waals surface area contributed by atoms with Crippen LogP contribution in [0.2, 0.25) is 0 Å². The normalized spacial score (nSPS) is 10.8. The molecular weight excluding hydrogens is 224 g/mol. The second-order valence-electron chi connectivity index (χ2n) is 4.34. The number of aromatic nitrogens is 1. The Kier molecular flexibility index (Phi) is 3.67. The molecule has 0 saturated carbocycles. The number of anilines is 1. The third-order valence-electron chi connectivity index (χ3n) is 1.60. The monoisotopic (exact) mass is 238 g/mol. The number of nitrogens with zero attached hydrogens (tertiary/aromatic N) is 1. The fourth-order valence-electron chi connectivity index (χ4n) is 1.03. The summed E-state index contributed by atoms with van der Waals surface area (Å²) < 4.78 is 5.00. The van der Waals surface area contributed by atoms with E-state index in [2.05, 4.69) is 10.3 Å². The van der Waals surface area contributed by atoms with Gasteiger partial charge in [0.05, 0.1) is 0 Å². The zero-order valence-corrected chi connectivity index (χ0v) is 9.85. The smallest absolute Gasteiger partial charge is 0.413 e. The molecule has 2 N–H and O–H groups in total. The molecule has 0 spiro atoms. The van der Waals surface area contributed by atoms with Gasteiger partial charge in [0.2, 0.25) is 0 Å². The van der Waals surface area contributed by atoms with E-state index in [1.807, 2.05) is 0 Å². The number of ether oxygens (including phenoxy) is 1. The van der Waals surface area contributed by atoms with E-state index in [4.69, 9.17) is 9.84 Å². The van der Waals surface area contributed by atoms with Gasteiger partial charge in [-0.25, -0.2) is 14.6 Å². The molecule has 0 atom stereocenters. The Balaban J connectivity index is 2.72. The standard InChI is InChI=1S/C11H14N2O4/c1-11(2,3)17-10(16)13-8-6-4-5-7(12-8)9(14)15/h4-6H,1-3H3,(H,14,15)(H,12,13,16). The van der Waals surface area contributed by atoms with Gasteiger partial charge in [0.1, 0.15) is 11.4 Å². The molecule has 17 heavy (non-hydrogen) atoms. The topological polar surface area (TPSA) is 88.5 Å². The molecule has 0 aliphatic carbocycles. The summed E-state index contributed by atoms with van der Waals surface area (Å²) in [6, 6.07) is 4.31. The highest BCUT2D eigenvalue weighted by Gasteiger charge is 2.16. The summed E-state index contributed by atoms with van der Waals surface area (Å²) >= 11 is 0. The van der Waals surface area contributed by atoms with Gasteiger partial charge in [0, 0.05) is 0 Å². The molecule has 1 rings (SSSR count). The number of nitrogens with one attached hydrogen (secondary N) is 1. The molecule has 0 unspecified atom stereocenters. The van der Waals surface area contributed by atoms with Crippen molar-refractivity contribution in [1.29, 1.82) is 0 Å². The van der Waals surface area contributed by atoms with E-state index in [1.54, 1.807) is 20.8 Å². The van der Waals surface area contributed by atoms with E-state index < -0.39 is 17.7 Å². The summed E-state index contributed by atoms with van der Waals surface area (Å²) in [6.45, 7) is 5.19. The average Bonchev–Trinajstić information content (AvgIpc) is 2.14. The molecule has 1 heterocycles. The summed E-state index contributed by atoms with van der Waals surface area (Å²) in [5, 5.41) is 11.1. The minimum atomic E-state index is -1.15. The zero-order chi connectivity index (χ0) is 13.1. The maximum atomic E-state index is 11.4. The van der Waals surface area contributed by atoms with Crippen LogP contribution in [0.3, 0.4) is 0 Å². The van der Waals surface area contributed by atoms with Crippen molar-refractivity contribution in [3.05, 3.63) is 23.9 Å². The quantitative estimate of drug-likeness (QED) is 0.823. The van der Waals surface area contributed by atoms with E-state index in [0.717, 1.165) is 0 Å². The van der Waals surface area contributed by atoms with Crippen LogP contribution in [0, 0.1) is 0 Å². The Bertz CT molecular complexity index is 437. The molecule has 1 amide bonds. The molecule has 1 aromatic rings. The molecule has 6 nitrogen and oxygen atoms in total. The van der Waals surface area contributed by atoms with E-state index in [-0.39, 0.29) is 11.5 Å². The summed E-state index contributed by atoms with van der Waals surface area (Å²) in [5.41, 5.74) is -0.757. The number of rotatable bonds is 2. The van der Waals surface area contributed by atoms with Crippen LogP contribution in [0.1, 0.15) is 31.3 Å². The van der Waals surface area contributed by atoms with Gasteiger partial charge in [-0.05, 0) is 32.9 Å². The van der Waals surface area contributed by atoms with Crippen molar-refractivity contribution in [2.24, 2.45) is 0 Å². The second kappa shape index (κ2) is 4.82. The largest absolute Gasteiger partial charge is 0.477 e. The number of carbonyl (C=O) groups excluding carboxylic acids is 1. The van der Waals surface area contributed by atoms with Crippen molar-refractivity contribution in [2.45, 2.75) is 26.4 Å². The number of carboxylic acid groups (broad SMARTS) is 1. The predicted octanol–water partition coefficient (Wildman–Crippen LogP) is 2.13. The number of carbonyl (C=O) groups is 2. The Morgan fingerprint density at radius 3 is 2.53 bits per heavy atom. The molecule has 0 aliphatic rings. The van der Waals surface area contributed by atoms with Gasteiger partial charge in [-0.2, -0.15) is 0 Å². The van der Waals surface area contributed by atoms with E-state index >= 15 is 0 Å². The fourth-order valence-corrected chi connectivity index (χ4v) is 1.03. The van der Waals surface area contributed by atoms with Crippen LogP contribution >= 0.6 is 0 Å². The number of aromatic carboxylic acids is 1. The fraction of sp³-hybridized carbons (Fsp3) is 0.364. The van der Waals surface area contributed by atoms with Gasteiger partial charge in [-0.3, -0.25) is 5.32 Å². The zero-order valence-electron chi connectivity index (χ0n) is 9.85. The lowest BCUT2D eigenvalue weighted by Gasteiger charge is -2.19. The van der Waals surface area contributed by atoms with Gasteiger partial charge in [-0.15, -0.1) is 0 Å². The number of amides is 1. The SMILES string of the molecule is CC(C)(C)OC(=O)Nc1cccc(C(=O)O)n1. The molecule has 0 saturated heterocycles. The highest BCUT2D eigenvalue weighted by molar-refractivity contribution is 5.87. The molecule has 92 valence electrons. The first-order valence-electron chi connectivity index (χ1n) is 4.98. The highest BCUT2D eigenvalue weighted by atomic mass is 16.6. The van der Waals surface area contributed by atoms with Gasteiger partial charge in [-0.1, -0.05) is 6.07 Å². The molecule has 0 aromatic carbocycles. The maximum absolute atomic E-state index is 11.4. The molecule has 0 bridgehead atoms. The van der Waals surface area contributed by atoms with Crippen molar-refractivity contribution in [2.75, 3.05) is 5.32 Å². The average molecular weight is 238 g/mol. The Morgan fingerprint density at radius 2 is 2.00 bits per heavy atom. The van der Waals surface area contributed by atoms with Gasteiger partial charge < -0.3 is 9.84 Å². The number of carboxylic acids is 1. The summed E-state index contributed by atoms with van der Waals surface area (Å²) in [7, 11) is 0. The van der Waals surface area contributed by atoms with Gasteiger partial charge in [0.25, 0.3) is 0 Å². The molecule has 6 heteroatoms. The molecule has 0 aliphatic heterocycles. The summed E-state index contributed by atoms with van der Waals surface area (Å²) in [4.78, 5) is 25.8. The molecule has 0 radical (unpaired) electrons. The van der Waals surface area contributed by atoms with Crippen molar-refractivity contribution in [1.82, 2.24) is 4.98 Å². The molecular formula is C11H14N2O4. The van der Waals surface area contributed by atoms with Crippen molar-refractivity contribution in [3.63, 3.8) is 0 Å². The first-order chi connectivity index (χ1) is 7.78. The van der Waals surface area contributed by atoms with Crippen molar-refractivity contribution in [3.8, 4) is 0 Å². The maximum Gasteiger partial charge on any atom is 0.413 e. The Morgan fingerprint density at radius 1 is 1.35 bits per heavy atom. The summed E-state index contributed by atoms with van der Waals surface area (Å²) in [6.07, 6.45) is -0.674. The van der Waals surface area contributed by atoms with Crippen LogP contribution in [0.5, 0.6) is 0 Å². The van der Waals surface area contributed by atoms with E-state index in [0.29, 0.717) is 0 Å². The number of hydrogen-bond acceptors (Lipinski definition) is 4. The highest BCUT2D eigenvalue weighted by Crippen LogP contribution is 2.10.